The summed E-state index contributed by atoms with van der Waals surface area (Å²) in [7, 11) is 0. The molecule has 5 nitrogen and oxygen atoms in total. The Labute approximate surface area is 124 Å². The van der Waals surface area contributed by atoms with E-state index in [1.807, 2.05) is 49.4 Å². The molecule has 0 fully saturated rings. The lowest BCUT2D eigenvalue weighted by Crippen LogP contribution is -2.01. The van der Waals surface area contributed by atoms with E-state index >= 15 is 0 Å². The second-order valence-electron chi connectivity index (χ2n) is 4.49. The first-order valence-corrected chi connectivity index (χ1v) is 6.85. The predicted molar refractivity (Wildman–Crippen MR) is 81.4 cm³/mol. The third kappa shape index (κ3) is 2.30. The molecule has 3 aromatic rings. The lowest BCUT2D eigenvalue weighted by Gasteiger charge is -2.07. The maximum absolute atomic E-state index is 5.70. The van der Waals surface area contributed by atoms with E-state index in [-0.39, 0.29) is 0 Å². The van der Waals surface area contributed by atoms with Crippen molar-refractivity contribution in [3.8, 4) is 17.1 Å². The summed E-state index contributed by atoms with van der Waals surface area (Å²) in [5.41, 5.74) is 9.39. The summed E-state index contributed by atoms with van der Waals surface area (Å²) in [5, 5.41) is 11.9. The molecule has 0 bridgehead atoms. The van der Waals surface area contributed by atoms with Gasteiger partial charge < -0.3 is 5.73 Å². The van der Waals surface area contributed by atoms with Crippen LogP contribution in [0, 0.1) is 6.92 Å². The molecule has 1 aromatic heterocycles. The smallest absolute Gasteiger partial charge is 0.187 e. The Bertz CT molecular complexity index is 749. The van der Waals surface area contributed by atoms with E-state index in [0.717, 1.165) is 15.7 Å². The van der Waals surface area contributed by atoms with Crippen LogP contribution in [-0.2, 0) is 0 Å². The SMILES string of the molecule is Cc1ccc(-n2nnnc2-c2ccc(N)cc2)c(Br)c1. The zero-order chi connectivity index (χ0) is 14.1. The fourth-order valence-corrected chi connectivity index (χ4v) is 2.61. The van der Waals surface area contributed by atoms with Crippen LogP contribution >= 0.6 is 15.9 Å². The molecule has 0 amide bonds. The Kier molecular flexibility index (Phi) is 3.23. The second-order valence-corrected chi connectivity index (χ2v) is 5.35. The number of nitrogens with zero attached hydrogens (tertiary/aromatic N) is 4. The predicted octanol–water partition coefficient (Wildman–Crippen LogP) is 2.98. The van der Waals surface area contributed by atoms with Crippen LogP contribution in [0.4, 0.5) is 5.69 Å². The third-order valence-electron chi connectivity index (χ3n) is 2.97. The Morgan fingerprint density at radius 1 is 1.10 bits per heavy atom. The molecule has 0 aliphatic rings. The molecule has 1 heterocycles. The summed E-state index contributed by atoms with van der Waals surface area (Å²) in [5.74, 6) is 0.676. The molecule has 0 saturated carbocycles. The Hall–Kier alpha value is -2.21. The van der Waals surface area contributed by atoms with Gasteiger partial charge in [-0.25, -0.2) is 0 Å². The van der Waals surface area contributed by atoms with Crippen molar-refractivity contribution in [1.29, 1.82) is 0 Å². The fraction of sp³-hybridized carbons (Fsp3) is 0.0714. The van der Waals surface area contributed by atoms with Crippen LogP contribution in [0.15, 0.2) is 46.9 Å². The maximum Gasteiger partial charge on any atom is 0.187 e. The van der Waals surface area contributed by atoms with E-state index in [4.69, 9.17) is 5.73 Å². The van der Waals surface area contributed by atoms with Crippen molar-refractivity contribution in [3.05, 3.63) is 52.5 Å². The molecule has 0 radical (unpaired) electrons. The fourth-order valence-electron chi connectivity index (χ4n) is 1.95. The number of nitrogens with two attached hydrogens (primary N) is 1. The van der Waals surface area contributed by atoms with Crippen LogP contribution in [0.2, 0.25) is 0 Å². The number of nitrogen functional groups attached to an aromatic ring is 1. The van der Waals surface area contributed by atoms with Crippen molar-refractivity contribution in [2.24, 2.45) is 0 Å². The van der Waals surface area contributed by atoms with E-state index in [2.05, 4.69) is 31.5 Å². The van der Waals surface area contributed by atoms with Gasteiger partial charge in [0, 0.05) is 15.7 Å². The average molecular weight is 330 g/mol. The summed E-state index contributed by atoms with van der Waals surface area (Å²) < 4.78 is 2.65. The van der Waals surface area contributed by atoms with E-state index in [1.54, 1.807) is 4.68 Å². The van der Waals surface area contributed by atoms with E-state index in [0.29, 0.717) is 11.5 Å². The summed E-state index contributed by atoms with van der Waals surface area (Å²) in [4.78, 5) is 0. The standard InChI is InChI=1S/C14H12BrN5/c1-9-2-7-13(12(15)8-9)20-14(17-18-19-20)10-3-5-11(16)6-4-10/h2-8H,16H2,1H3. The van der Waals surface area contributed by atoms with Crippen LogP contribution in [0.25, 0.3) is 17.1 Å². The molecule has 0 atom stereocenters. The second kappa shape index (κ2) is 5.05. The molecule has 0 spiro atoms. The molecule has 3 rings (SSSR count). The zero-order valence-electron chi connectivity index (χ0n) is 10.8. The molecule has 20 heavy (non-hydrogen) atoms. The van der Waals surface area contributed by atoms with Crippen molar-refractivity contribution in [1.82, 2.24) is 20.2 Å². The highest BCUT2D eigenvalue weighted by atomic mass is 79.9. The number of tetrazole rings is 1. The normalized spacial score (nSPS) is 10.7. The van der Waals surface area contributed by atoms with E-state index < -0.39 is 0 Å². The number of anilines is 1. The molecule has 2 aromatic carbocycles. The highest BCUT2D eigenvalue weighted by Gasteiger charge is 2.12. The highest BCUT2D eigenvalue weighted by Crippen LogP contribution is 2.26. The van der Waals surface area contributed by atoms with Gasteiger partial charge in [-0.15, -0.1) is 5.10 Å². The highest BCUT2D eigenvalue weighted by molar-refractivity contribution is 9.10. The molecule has 0 saturated heterocycles. The van der Waals surface area contributed by atoms with Crippen LogP contribution in [0.5, 0.6) is 0 Å². The molecule has 6 heteroatoms. The van der Waals surface area contributed by atoms with Gasteiger partial charge in [0.15, 0.2) is 5.82 Å². The average Bonchev–Trinajstić information content (AvgIpc) is 2.88. The number of aryl methyl sites for hydroxylation is 1. The maximum atomic E-state index is 5.70. The Balaban J connectivity index is 2.12. The lowest BCUT2D eigenvalue weighted by molar-refractivity contribution is 0.788. The minimum absolute atomic E-state index is 0.676. The van der Waals surface area contributed by atoms with Crippen LogP contribution in [-0.4, -0.2) is 20.2 Å². The third-order valence-corrected chi connectivity index (χ3v) is 3.60. The summed E-state index contributed by atoms with van der Waals surface area (Å²) in [6.45, 7) is 2.04. The number of rotatable bonds is 2. The molecule has 2 N–H and O–H groups in total. The Morgan fingerprint density at radius 2 is 1.85 bits per heavy atom. The van der Waals surface area contributed by atoms with Crippen molar-refractivity contribution in [2.75, 3.05) is 5.73 Å². The zero-order valence-corrected chi connectivity index (χ0v) is 12.4. The van der Waals surface area contributed by atoms with Gasteiger partial charge in [-0.1, -0.05) is 6.07 Å². The number of hydrogen-bond acceptors (Lipinski definition) is 4. The number of aromatic nitrogens is 4. The molecular formula is C14H12BrN5. The quantitative estimate of drug-likeness (QED) is 0.734. The van der Waals surface area contributed by atoms with Gasteiger partial charge in [0.1, 0.15) is 0 Å². The van der Waals surface area contributed by atoms with Gasteiger partial charge in [0.2, 0.25) is 0 Å². The van der Waals surface area contributed by atoms with Crippen molar-refractivity contribution in [2.45, 2.75) is 6.92 Å². The van der Waals surface area contributed by atoms with Gasteiger partial charge in [0.05, 0.1) is 5.69 Å². The van der Waals surface area contributed by atoms with E-state index in [1.165, 1.54) is 5.56 Å². The summed E-state index contributed by atoms with van der Waals surface area (Å²) in [6, 6.07) is 13.5. The molecule has 0 unspecified atom stereocenters. The molecular weight excluding hydrogens is 318 g/mol. The number of halogens is 1. The van der Waals surface area contributed by atoms with Crippen LogP contribution < -0.4 is 5.73 Å². The van der Waals surface area contributed by atoms with E-state index in [9.17, 15) is 0 Å². The van der Waals surface area contributed by atoms with Gasteiger partial charge in [-0.05, 0) is 75.2 Å². The first kappa shape index (κ1) is 12.8. The van der Waals surface area contributed by atoms with Gasteiger partial charge in [-0.2, -0.15) is 4.68 Å². The minimum atomic E-state index is 0.676. The van der Waals surface area contributed by atoms with Crippen molar-refractivity contribution >= 4 is 21.6 Å². The van der Waals surface area contributed by atoms with Crippen LogP contribution in [0.3, 0.4) is 0 Å². The lowest BCUT2D eigenvalue weighted by atomic mass is 10.2. The number of hydrogen-bond donors (Lipinski definition) is 1. The topological polar surface area (TPSA) is 69.6 Å². The van der Waals surface area contributed by atoms with Gasteiger partial charge in [0.25, 0.3) is 0 Å². The summed E-state index contributed by atoms with van der Waals surface area (Å²) >= 11 is 3.55. The summed E-state index contributed by atoms with van der Waals surface area (Å²) in [6.07, 6.45) is 0. The number of benzene rings is 2. The minimum Gasteiger partial charge on any atom is -0.399 e. The Morgan fingerprint density at radius 3 is 2.55 bits per heavy atom. The van der Waals surface area contributed by atoms with Gasteiger partial charge in [-0.3, -0.25) is 0 Å². The monoisotopic (exact) mass is 329 g/mol. The first-order valence-electron chi connectivity index (χ1n) is 6.06. The largest absolute Gasteiger partial charge is 0.399 e. The van der Waals surface area contributed by atoms with Crippen LogP contribution in [0.1, 0.15) is 5.56 Å². The van der Waals surface area contributed by atoms with Gasteiger partial charge >= 0.3 is 0 Å². The molecule has 0 aliphatic heterocycles. The van der Waals surface area contributed by atoms with Crippen molar-refractivity contribution < 1.29 is 0 Å². The molecule has 100 valence electrons. The first-order chi connectivity index (χ1) is 9.65. The van der Waals surface area contributed by atoms with Crippen molar-refractivity contribution in [3.63, 3.8) is 0 Å². The molecule has 0 aliphatic carbocycles.